The minimum atomic E-state index is -3.19. The van der Waals surface area contributed by atoms with E-state index >= 15 is 0 Å². The first-order valence-electron chi connectivity index (χ1n) is 4.48. The first-order valence-corrected chi connectivity index (χ1v) is 7.01. The Morgan fingerprint density at radius 3 is 2.57 bits per heavy atom. The quantitative estimate of drug-likeness (QED) is 0.809. The summed E-state index contributed by atoms with van der Waals surface area (Å²) in [6, 6.07) is 9.20. The molecule has 0 heterocycles. The summed E-state index contributed by atoms with van der Waals surface area (Å²) in [5.74, 6) is 0.527. The van der Waals surface area contributed by atoms with E-state index < -0.39 is 6.87 Å². The molecule has 2 rings (SSSR count). The van der Waals surface area contributed by atoms with Crippen molar-refractivity contribution in [3.8, 4) is 5.75 Å². The van der Waals surface area contributed by atoms with Gasteiger partial charge in [-0.1, -0.05) is 18.2 Å². The number of halogens is 1. The fraction of sp³-hybridized carbons (Fsp3) is 0.333. The Morgan fingerprint density at radius 2 is 2.00 bits per heavy atom. The minimum absolute atomic E-state index is 0.266. The Bertz CT molecular complexity index is 353. The van der Waals surface area contributed by atoms with Crippen molar-refractivity contribution in [2.24, 2.45) is 0 Å². The molecule has 0 radical (unpaired) electrons. The average molecular weight is 232 g/mol. The third-order valence-electron chi connectivity index (χ3n) is 1.88. The Hall–Kier alpha value is -0.500. The lowest BCUT2D eigenvalue weighted by atomic mass is 10.3. The van der Waals surface area contributed by atoms with E-state index in [1.54, 1.807) is 12.1 Å². The van der Waals surface area contributed by atoms with Gasteiger partial charge >= 0.3 is 6.87 Å². The standard InChI is InChI=1S/C9H11ClNO2P/c10-14(12,11-8-6-7-8)13-9-4-2-1-3-5-9/h1-5,8H,6-7H2,(H,11,12). The van der Waals surface area contributed by atoms with E-state index in [-0.39, 0.29) is 6.04 Å². The molecule has 1 N–H and O–H groups in total. The number of hydrogen-bond acceptors (Lipinski definition) is 2. The van der Waals surface area contributed by atoms with Crippen LogP contribution in [-0.2, 0) is 4.57 Å². The highest BCUT2D eigenvalue weighted by molar-refractivity contribution is 7.84. The monoisotopic (exact) mass is 231 g/mol. The summed E-state index contributed by atoms with van der Waals surface area (Å²) in [4.78, 5) is 0. The lowest BCUT2D eigenvalue weighted by molar-refractivity contribution is 0.484. The molecular formula is C9H11ClNO2P. The van der Waals surface area contributed by atoms with Crippen molar-refractivity contribution in [1.82, 2.24) is 5.09 Å². The second kappa shape index (κ2) is 3.93. The van der Waals surface area contributed by atoms with Crippen LogP contribution in [0, 0.1) is 0 Å². The van der Waals surface area contributed by atoms with Crippen molar-refractivity contribution in [2.75, 3.05) is 0 Å². The van der Waals surface area contributed by atoms with Gasteiger partial charge in [-0.15, -0.1) is 0 Å². The molecule has 1 aliphatic rings. The van der Waals surface area contributed by atoms with Crippen molar-refractivity contribution < 1.29 is 9.09 Å². The van der Waals surface area contributed by atoms with Gasteiger partial charge < -0.3 is 4.52 Å². The maximum Gasteiger partial charge on any atom is 0.409 e. The highest BCUT2D eigenvalue weighted by Gasteiger charge is 2.31. The Labute approximate surface area is 87.7 Å². The number of hydrogen-bond donors (Lipinski definition) is 1. The topological polar surface area (TPSA) is 38.3 Å². The van der Waals surface area contributed by atoms with Gasteiger partial charge in [-0.05, 0) is 25.0 Å². The van der Waals surface area contributed by atoms with Gasteiger partial charge in [0.25, 0.3) is 0 Å². The van der Waals surface area contributed by atoms with Crippen LogP contribution in [0.4, 0.5) is 0 Å². The molecule has 76 valence electrons. The summed E-state index contributed by atoms with van der Waals surface area (Å²) >= 11 is 5.73. The summed E-state index contributed by atoms with van der Waals surface area (Å²) in [5, 5.41) is 2.78. The van der Waals surface area contributed by atoms with Crippen LogP contribution in [0.2, 0.25) is 0 Å². The largest absolute Gasteiger partial charge is 0.422 e. The van der Waals surface area contributed by atoms with Crippen LogP contribution in [0.25, 0.3) is 0 Å². The summed E-state index contributed by atoms with van der Waals surface area (Å²) in [6.45, 7) is -3.19. The fourth-order valence-electron chi connectivity index (χ4n) is 1.07. The van der Waals surface area contributed by atoms with E-state index in [1.165, 1.54) is 0 Å². The second-order valence-corrected chi connectivity index (χ2v) is 6.02. The molecule has 1 saturated carbocycles. The maximum absolute atomic E-state index is 11.7. The van der Waals surface area contributed by atoms with Crippen LogP contribution in [0.15, 0.2) is 30.3 Å². The van der Waals surface area contributed by atoms with Crippen LogP contribution >= 0.6 is 18.1 Å². The van der Waals surface area contributed by atoms with Gasteiger partial charge in [-0.3, -0.25) is 0 Å². The number of rotatable bonds is 4. The van der Waals surface area contributed by atoms with Gasteiger partial charge in [0.15, 0.2) is 0 Å². The molecule has 5 heteroatoms. The molecule has 0 aromatic heterocycles. The fourth-order valence-corrected chi connectivity index (χ4v) is 2.87. The second-order valence-electron chi connectivity index (χ2n) is 3.29. The average Bonchev–Trinajstić information content (AvgIpc) is 2.88. The summed E-state index contributed by atoms with van der Waals surface area (Å²) in [6.07, 6.45) is 2.05. The number of nitrogens with one attached hydrogen (secondary N) is 1. The summed E-state index contributed by atoms with van der Waals surface area (Å²) < 4.78 is 16.8. The van der Waals surface area contributed by atoms with E-state index in [1.807, 2.05) is 18.2 Å². The van der Waals surface area contributed by atoms with Gasteiger partial charge in [0.2, 0.25) is 0 Å². The normalized spacial score (nSPS) is 20.1. The zero-order chi connectivity index (χ0) is 10.0. The van der Waals surface area contributed by atoms with E-state index in [2.05, 4.69) is 5.09 Å². The van der Waals surface area contributed by atoms with Crippen LogP contribution in [0.5, 0.6) is 5.75 Å². The lowest BCUT2D eigenvalue weighted by Crippen LogP contribution is -2.12. The molecule has 0 bridgehead atoms. The Kier molecular flexibility index (Phi) is 2.82. The molecule has 1 unspecified atom stereocenters. The van der Waals surface area contributed by atoms with Crippen molar-refractivity contribution >= 4 is 18.1 Å². The van der Waals surface area contributed by atoms with Gasteiger partial charge in [0.1, 0.15) is 5.75 Å². The number of para-hydroxylation sites is 1. The summed E-state index contributed by atoms with van der Waals surface area (Å²) in [5.41, 5.74) is 0. The van der Waals surface area contributed by atoms with Crippen molar-refractivity contribution in [3.63, 3.8) is 0 Å². The molecule has 0 spiro atoms. The van der Waals surface area contributed by atoms with E-state index in [9.17, 15) is 4.57 Å². The van der Waals surface area contributed by atoms with E-state index in [0.29, 0.717) is 5.75 Å². The minimum Gasteiger partial charge on any atom is -0.422 e. The molecule has 14 heavy (non-hydrogen) atoms. The van der Waals surface area contributed by atoms with Crippen molar-refractivity contribution in [2.45, 2.75) is 18.9 Å². The zero-order valence-electron chi connectivity index (χ0n) is 7.52. The van der Waals surface area contributed by atoms with Gasteiger partial charge in [-0.25, -0.2) is 9.65 Å². The SMILES string of the molecule is O=P(Cl)(NC1CC1)Oc1ccccc1. The molecule has 1 aromatic rings. The smallest absolute Gasteiger partial charge is 0.409 e. The lowest BCUT2D eigenvalue weighted by Gasteiger charge is -2.12. The third kappa shape index (κ3) is 3.02. The molecule has 1 fully saturated rings. The third-order valence-corrected chi connectivity index (χ3v) is 3.50. The first kappa shape index (κ1) is 10.0. The first-order chi connectivity index (χ1) is 6.66. The summed E-state index contributed by atoms with van der Waals surface area (Å²) in [7, 11) is 0. The molecular weight excluding hydrogens is 221 g/mol. The predicted molar refractivity (Wildman–Crippen MR) is 56.7 cm³/mol. The van der Waals surface area contributed by atoms with Crippen LogP contribution < -0.4 is 9.61 Å². The molecule has 0 amide bonds. The van der Waals surface area contributed by atoms with Crippen LogP contribution in [0.3, 0.4) is 0 Å². The highest BCUT2D eigenvalue weighted by atomic mass is 35.7. The molecule has 1 aliphatic carbocycles. The number of benzene rings is 1. The van der Waals surface area contributed by atoms with Gasteiger partial charge in [0, 0.05) is 17.3 Å². The predicted octanol–water partition coefficient (Wildman–Crippen LogP) is 3.16. The highest BCUT2D eigenvalue weighted by Crippen LogP contribution is 2.50. The van der Waals surface area contributed by atoms with Crippen molar-refractivity contribution in [1.29, 1.82) is 0 Å². The molecule has 3 nitrogen and oxygen atoms in total. The Balaban J connectivity index is 1.98. The molecule has 1 atom stereocenters. The van der Waals surface area contributed by atoms with Crippen LogP contribution in [0.1, 0.15) is 12.8 Å². The Morgan fingerprint density at radius 1 is 1.36 bits per heavy atom. The van der Waals surface area contributed by atoms with Crippen LogP contribution in [-0.4, -0.2) is 6.04 Å². The zero-order valence-corrected chi connectivity index (χ0v) is 9.17. The van der Waals surface area contributed by atoms with E-state index in [0.717, 1.165) is 12.8 Å². The molecule has 0 aliphatic heterocycles. The van der Waals surface area contributed by atoms with Gasteiger partial charge in [0.05, 0.1) is 0 Å². The maximum atomic E-state index is 11.7. The van der Waals surface area contributed by atoms with E-state index in [4.69, 9.17) is 15.8 Å². The molecule has 0 saturated heterocycles. The van der Waals surface area contributed by atoms with Gasteiger partial charge in [-0.2, -0.15) is 0 Å². The van der Waals surface area contributed by atoms with Crippen molar-refractivity contribution in [3.05, 3.63) is 30.3 Å². The molecule has 1 aromatic carbocycles.